The number of nitrogens with one attached hydrogen (secondary N) is 2. The van der Waals surface area contributed by atoms with E-state index in [0.29, 0.717) is 18.5 Å². The molecule has 1 aliphatic rings. The van der Waals surface area contributed by atoms with Crippen LogP contribution in [0.4, 0.5) is 5.69 Å². The van der Waals surface area contributed by atoms with E-state index in [0.717, 1.165) is 11.1 Å². The molecule has 1 aliphatic carbocycles. The second kappa shape index (κ2) is 10.7. The molecule has 1 unspecified atom stereocenters. The van der Waals surface area contributed by atoms with Gasteiger partial charge in [0, 0.05) is 12.1 Å². The van der Waals surface area contributed by atoms with Crippen LogP contribution in [0.15, 0.2) is 83.3 Å². The van der Waals surface area contributed by atoms with E-state index in [1.807, 2.05) is 69.3 Å². The van der Waals surface area contributed by atoms with Gasteiger partial charge in [-0.05, 0) is 69.6 Å². The fourth-order valence-electron chi connectivity index (χ4n) is 3.90. The van der Waals surface area contributed by atoms with Gasteiger partial charge in [-0.2, -0.15) is 4.72 Å². The highest BCUT2D eigenvalue weighted by molar-refractivity contribution is 7.89. The van der Waals surface area contributed by atoms with Crippen LogP contribution in [0.25, 0.3) is 0 Å². The maximum Gasteiger partial charge on any atom is 0.306 e. The van der Waals surface area contributed by atoms with Gasteiger partial charge >= 0.3 is 5.97 Å². The quantitative estimate of drug-likeness (QED) is 0.351. The minimum absolute atomic E-state index is 0.0447. The number of allylic oxidation sites excluding steroid dienone is 2. The number of sulfonamides is 1. The van der Waals surface area contributed by atoms with E-state index in [-0.39, 0.29) is 22.4 Å². The summed E-state index contributed by atoms with van der Waals surface area (Å²) in [5.74, 6) is -0.291. The Balaban J connectivity index is 1.88. The molecule has 35 heavy (non-hydrogen) atoms. The first-order chi connectivity index (χ1) is 16.4. The summed E-state index contributed by atoms with van der Waals surface area (Å²) in [6.07, 6.45) is 6.64. The van der Waals surface area contributed by atoms with E-state index >= 15 is 0 Å². The molecule has 7 nitrogen and oxygen atoms in total. The molecule has 0 spiro atoms. The minimum Gasteiger partial charge on any atom is -0.460 e. The molecule has 2 aromatic carbocycles. The van der Waals surface area contributed by atoms with Gasteiger partial charge in [-0.3, -0.25) is 4.79 Å². The molecule has 1 atom stereocenters. The molecule has 0 heterocycles. The number of rotatable bonds is 8. The summed E-state index contributed by atoms with van der Waals surface area (Å²) in [6, 6.07) is 15.7. The van der Waals surface area contributed by atoms with Crippen molar-refractivity contribution in [2.24, 2.45) is 5.73 Å². The van der Waals surface area contributed by atoms with Crippen molar-refractivity contribution >= 4 is 39.0 Å². The van der Waals surface area contributed by atoms with Crippen LogP contribution in [0.5, 0.6) is 0 Å². The number of anilines is 1. The molecule has 186 valence electrons. The Morgan fingerprint density at radius 2 is 1.86 bits per heavy atom. The summed E-state index contributed by atoms with van der Waals surface area (Å²) in [4.78, 5) is 12.3. The van der Waals surface area contributed by atoms with Gasteiger partial charge in [0.05, 0.1) is 10.4 Å². The summed E-state index contributed by atoms with van der Waals surface area (Å²) >= 11 is 4.86. The van der Waals surface area contributed by atoms with Crippen molar-refractivity contribution in [3.8, 4) is 0 Å². The number of hydrogen-bond acceptors (Lipinski definition) is 5. The van der Waals surface area contributed by atoms with Crippen LogP contribution in [0.1, 0.15) is 45.6 Å². The predicted octanol–water partition coefficient (Wildman–Crippen LogP) is 4.52. The molecule has 0 radical (unpaired) electrons. The Kier molecular flexibility index (Phi) is 8.15. The van der Waals surface area contributed by atoms with Gasteiger partial charge in [0.1, 0.15) is 5.60 Å². The second-order valence-corrected chi connectivity index (χ2v) is 11.5. The fraction of sp³-hybridized carbons (Fsp3) is 0.308. The number of carbonyl (C=O) groups excluding carboxylic acids is 1. The van der Waals surface area contributed by atoms with Crippen molar-refractivity contribution in [2.75, 3.05) is 5.32 Å². The third kappa shape index (κ3) is 7.48. The predicted molar refractivity (Wildman–Crippen MR) is 142 cm³/mol. The van der Waals surface area contributed by atoms with Gasteiger partial charge in [-0.1, -0.05) is 60.2 Å². The summed E-state index contributed by atoms with van der Waals surface area (Å²) in [6.45, 7) is 5.48. The lowest BCUT2D eigenvalue weighted by atomic mass is 9.80. The number of ether oxygens (including phenoxy) is 1. The van der Waals surface area contributed by atoms with Crippen LogP contribution < -0.4 is 15.8 Å². The monoisotopic (exact) mass is 513 g/mol. The Labute approximate surface area is 212 Å². The Morgan fingerprint density at radius 3 is 2.51 bits per heavy atom. The van der Waals surface area contributed by atoms with E-state index in [2.05, 4.69) is 10.0 Å². The van der Waals surface area contributed by atoms with Gasteiger partial charge in [-0.15, -0.1) is 0 Å². The van der Waals surface area contributed by atoms with Crippen molar-refractivity contribution in [2.45, 2.75) is 56.1 Å². The zero-order valence-electron chi connectivity index (χ0n) is 20.1. The van der Waals surface area contributed by atoms with Crippen molar-refractivity contribution in [1.29, 1.82) is 0 Å². The van der Waals surface area contributed by atoms with Gasteiger partial charge in [0.2, 0.25) is 10.0 Å². The first-order valence-electron chi connectivity index (χ1n) is 11.2. The normalized spacial score (nSPS) is 18.0. The molecule has 2 aromatic rings. The molecule has 0 amide bonds. The zero-order valence-corrected chi connectivity index (χ0v) is 21.7. The van der Waals surface area contributed by atoms with Crippen LogP contribution in [-0.2, 0) is 25.1 Å². The molecule has 0 bridgehead atoms. The summed E-state index contributed by atoms with van der Waals surface area (Å²) < 4.78 is 35.4. The Bertz CT molecular complexity index is 1250. The summed E-state index contributed by atoms with van der Waals surface area (Å²) in [5.41, 5.74) is 6.16. The van der Waals surface area contributed by atoms with E-state index in [4.69, 9.17) is 22.7 Å². The minimum atomic E-state index is -3.95. The molecular weight excluding hydrogens is 482 g/mol. The number of carbonyl (C=O) groups is 1. The number of benzene rings is 2. The highest BCUT2D eigenvalue weighted by Gasteiger charge is 2.37. The number of thiocarbonyl (C=S) groups is 1. The number of esters is 1. The van der Waals surface area contributed by atoms with E-state index < -0.39 is 21.2 Å². The van der Waals surface area contributed by atoms with Crippen LogP contribution in [0, 0.1) is 0 Å². The van der Waals surface area contributed by atoms with E-state index in [9.17, 15) is 13.2 Å². The third-order valence-corrected chi connectivity index (χ3v) is 6.92. The maximum absolute atomic E-state index is 13.5. The highest BCUT2D eigenvalue weighted by atomic mass is 32.2. The van der Waals surface area contributed by atoms with Gasteiger partial charge in [0.25, 0.3) is 0 Å². The molecule has 3 rings (SSSR count). The van der Waals surface area contributed by atoms with Crippen molar-refractivity contribution in [3.63, 3.8) is 0 Å². The van der Waals surface area contributed by atoms with Gasteiger partial charge in [0.15, 0.2) is 5.11 Å². The lowest BCUT2D eigenvalue weighted by Gasteiger charge is -2.35. The molecular formula is C26H31N3O4S2. The number of nitrogens with two attached hydrogens (primary N) is 1. The van der Waals surface area contributed by atoms with Crippen LogP contribution in [0.2, 0.25) is 0 Å². The van der Waals surface area contributed by atoms with Gasteiger partial charge in [-0.25, -0.2) is 8.42 Å². The van der Waals surface area contributed by atoms with Crippen LogP contribution >= 0.6 is 12.2 Å². The third-order valence-electron chi connectivity index (χ3n) is 5.31. The SMILES string of the molecule is CC(C)(C)OC(=O)CCC1=CC=CC(NS(=O)(=O)c2cccc(NC(N)=S)c2)(c2ccccc2)C1. The highest BCUT2D eigenvalue weighted by Crippen LogP contribution is 2.36. The fourth-order valence-corrected chi connectivity index (χ4v) is 5.41. The molecule has 0 fully saturated rings. The van der Waals surface area contributed by atoms with E-state index in [1.54, 1.807) is 12.1 Å². The maximum atomic E-state index is 13.5. The van der Waals surface area contributed by atoms with E-state index in [1.165, 1.54) is 12.1 Å². The molecule has 4 N–H and O–H groups in total. The van der Waals surface area contributed by atoms with Crippen LogP contribution in [-0.4, -0.2) is 25.1 Å². The smallest absolute Gasteiger partial charge is 0.306 e. The Morgan fingerprint density at radius 1 is 1.14 bits per heavy atom. The molecule has 0 aromatic heterocycles. The van der Waals surface area contributed by atoms with Crippen molar-refractivity contribution < 1.29 is 17.9 Å². The molecule has 0 saturated carbocycles. The average molecular weight is 514 g/mol. The standard InChI is InChI=1S/C26H31N3O4S2/c1-25(2,3)33-23(30)15-14-19-9-8-16-26(18-19,20-10-5-4-6-11-20)29-35(31,32)22-13-7-12-21(17-22)28-24(27)34/h4-13,16-17,29H,14-15,18H2,1-3H3,(H3,27,28,34). The van der Waals surface area contributed by atoms with Crippen molar-refractivity contribution in [1.82, 2.24) is 4.72 Å². The average Bonchev–Trinajstić information content (AvgIpc) is 2.77. The lowest BCUT2D eigenvalue weighted by Crippen LogP contribution is -2.45. The molecule has 0 aliphatic heterocycles. The van der Waals surface area contributed by atoms with Crippen molar-refractivity contribution in [3.05, 3.63) is 84.0 Å². The molecule has 0 saturated heterocycles. The number of hydrogen-bond donors (Lipinski definition) is 3. The van der Waals surface area contributed by atoms with Gasteiger partial charge < -0.3 is 15.8 Å². The zero-order chi connectivity index (χ0) is 25.7. The largest absolute Gasteiger partial charge is 0.460 e. The first kappa shape index (κ1) is 26.6. The van der Waals surface area contributed by atoms with Crippen LogP contribution in [0.3, 0.4) is 0 Å². The summed E-state index contributed by atoms with van der Waals surface area (Å²) in [7, 11) is -3.95. The lowest BCUT2D eigenvalue weighted by molar-refractivity contribution is -0.154. The second-order valence-electron chi connectivity index (χ2n) is 9.41. The molecule has 9 heteroatoms. The summed E-state index contributed by atoms with van der Waals surface area (Å²) in [5, 5.41) is 2.81. The Hall–Kier alpha value is -3.01. The first-order valence-corrected chi connectivity index (χ1v) is 13.1. The topological polar surface area (TPSA) is 111 Å².